The topological polar surface area (TPSA) is 69.7 Å². The van der Waals surface area contributed by atoms with Gasteiger partial charge in [-0.05, 0) is 80.6 Å². The second-order valence-electron chi connectivity index (χ2n) is 9.53. The van der Waals surface area contributed by atoms with E-state index in [9.17, 15) is 14.4 Å². The number of hydrogen-bond acceptors (Lipinski definition) is 5. The molecule has 1 aromatic rings. The monoisotopic (exact) mass is 519 g/mol. The average molecular weight is 520 g/mol. The Kier molecular flexibility index (Phi) is 15.7. The van der Waals surface area contributed by atoms with E-state index >= 15 is 0 Å². The molecule has 0 aromatic heterocycles. The van der Waals surface area contributed by atoms with Gasteiger partial charge in [-0.1, -0.05) is 47.6 Å². The Morgan fingerprint density at radius 3 is 2.42 bits per heavy atom. The predicted molar refractivity (Wildman–Crippen MR) is 152 cm³/mol. The van der Waals surface area contributed by atoms with Crippen molar-refractivity contribution in [1.29, 1.82) is 0 Å². The molecule has 2 rings (SSSR count). The van der Waals surface area contributed by atoms with Crippen LogP contribution < -0.4 is 5.32 Å². The van der Waals surface area contributed by atoms with Gasteiger partial charge in [0, 0.05) is 30.5 Å². The minimum Gasteiger partial charge on any atom is -0.359 e. The summed E-state index contributed by atoms with van der Waals surface area (Å²) >= 11 is 1.81. The Morgan fingerprint density at radius 1 is 1.14 bits per heavy atom. The highest BCUT2D eigenvalue weighted by Crippen LogP contribution is 2.34. The zero-order valence-electron chi connectivity index (χ0n) is 23.6. The quantitative estimate of drug-likeness (QED) is 0.226. The van der Waals surface area contributed by atoms with Crippen molar-refractivity contribution in [2.45, 2.75) is 91.1 Å². The van der Waals surface area contributed by atoms with Crippen LogP contribution >= 0.6 is 11.8 Å². The fourth-order valence-corrected chi connectivity index (χ4v) is 5.93. The molecule has 0 spiro atoms. The van der Waals surface area contributed by atoms with Gasteiger partial charge in [0.05, 0.1) is 6.04 Å². The third-order valence-corrected chi connectivity index (χ3v) is 8.10. The Bertz CT molecular complexity index is 813. The summed E-state index contributed by atoms with van der Waals surface area (Å²) in [5, 5.41) is 2.57. The molecular formula is C29H49N3O3S. The summed E-state index contributed by atoms with van der Waals surface area (Å²) in [4.78, 5) is 41.5. The van der Waals surface area contributed by atoms with Gasteiger partial charge in [0.15, 0.2) is 0 Å². The SMILES string of the molecule is CC.CCN(CC)CCC(C)CC(C)CCSc1cccc2c1CN(C(C=O)CCC(=O)NC)C2=O. The van der Waals surface area contributed by atoms with Gasteiger partial charge in [0.1, 0.15) is 6.29 Å². The summed E-state index contributed by atoms with van der Waals surface area (Å²) in [5.74, 6) is 2.18. The molecule has 0 radical (unpaired) electrons. The molecule has 3 unspecified atom stereocenters. The van der Waals surface area contributed by atoms with E-state index in [0.717, 1.165) is 47.9 Å². The number of carbonyl (C=O) groups excluding carboxylic acids is 3. The van der Waals surface area contributed by atoms with Gasteiger partial charge < -0.3 is 19.9 Å². The van der Waals surface area contributed by atoms with Crippen molar-refractivity contribution < 1.29 is 14.4 Å². The third kappa shape index (κ3) is 9.89. The summed E-state index contributed by atoms with van der Waals surface area (Å²) in [6.07, 6.45) is 5.00. The van der Waals surface area contributed by atoms with Crippen LogP contribution in [0.3, 0.4) is 0 Å². The van der Waals surface area contributed by atoms with Crippen molar-refractivity contribution in [3.05, 3.63) is 29.3 Å². The van der Waals surface area contributed by atoms with E-state index in [1.54, 1.807) is 11.9 Å². The summed E-state index contributed by atoms with van der Waals surface area (Å²) in [6, 6.07) is 5.29. The van der Waals surface area contributed by atoms with Gasteiger partial charge in [0.2, 0.25) is 5.91 Å². The minimum atomic E-state index is -0.576. The first-order chi connectivity index (χ1) is 17.3. The fraction of sp³-hybridized carbons (Fsp3) is 0.690. The molecule has 2 amide bonds. The summed E-state index contributed by atoms with van der Waals surface area (Å²) in [6.45, 7) is 17.0. The zero-order chi connectivity index (χ0) is 27.1. The predicted octanol–water partition coefficient (Wildman–Crippen LogP) is 5.64. The number of aldehydes is 1. The van der Waals surface area contributed by atoms with Gasteiger partial charge in [0.25, 0.3) is 5.91 Å². The number of nitrogens with zero attached hydrogens (tertiary/aromatic N) is 2. The first-order valence-corrected chi connectivity index (χ1v) is 14.8. The number of thioether (sulfide) groups is 1. The molecule has 0 fully saturated rings. The van der Waals surface area contributed by atoms with Gasteiger partial charge >= 0.3 is 0 Å². The lowest BCUT2D eigenvalue weighted by molar-refractivity contribution is -0.121. The molecule has 7 heteroatoms. The van der Waals surface area contributed by atoms with Crippen molar-refractivity contribution in [2.24, 2.45) is 11.8 Å². The summed E-state index contributed by atoms with van der Waals surface area (Å²) < 4.78 is 0. The molecule has 204 valence electrons. The smallest absolute Gasteiger partial charge is 0.255 e. The highest BCUT2D eigenvalue weighted by atomic mass is 32.2. The van der Waals surface area contributed by atoms with E-state index in [0.29, 0.717) is 24.4 Å². The number of hydrogen-bond donors (Lipinski definition) is 1. The van der Waals surface area contributed by atoms with Gasteiger partial charge in [-0.2, -0.15) is 0 Å². The number of benzene rings is 1. The largest absolute Gasteiger partial charge is 0.359 e. The molecule has 0 bridgehead atoms. The van der Waals surface area contributed by atoms with Gasteiger partial charge in [-0.15, -0.1) is 11.8 Å². The van der Waals surface area contributed by atoms with Crippen molar-refractivity contribution in [1.82, 2.24) is 15.1 Å². The summed E-state index contributed by atoms with van der Waals surface area (Å²) in [7, 11) is 1.58. The molecule has 3 atom stereocenters. The van der Waals surface area contributed by atoms with E-state index < -0.39 is 6.04 Å². The first kappa shape index (κ1) is 32.2. The number of nitrogens with one attached hydrogen (secondary N) is 1. The molecule has 0 aliphatic carbocycles. The lowest BCUT2D eigenvalue weighted by atomic mass is 9.93. The molecule has 1 heterocycles. The highest BCUT2D eigenvalue weighted by Gasteiger charge is 2.34. The van der Waals surface area contributed by atoms with E-state index in [-0.39, 0.29) is 18.2 Å². The Balaban J connectivity index is 0.00000316. The van der Waals surface area contributed by atoms with Crippen LogP contribution in [0.5, 0.6) is 0 Å². The average Bonchev–Trinajstić information content (AvgIpc) is 3.23. The van der Waals surface area contributed by atoms with Crippen LogP contribution in [0, 0.1) is 11.8 Å². The fourth-order valence-electron chi connectivity index (χ4n) is 4.67. The van der Waals surface area contributed by atoms with Crippen LogP contribution in [0.15, 0.2) is 23.1 Å². The van der Waals surface area contributed by atoms with Gasteiger partial charge in [-0.25, -0.2) is 0 Å². The zero-order valence-corrected chi connectivity index (χ0v) is 24.5. The van der Waals surface area contributed by atoms with Gasteiger partial charge in [-0.3, -0.25) is 9.59 Å². The number of amides is 2. The number of carbonyl (C=O) groups is 3. The van der Waals surface area contributed by atoms with Crippen LogP contribution in [0.25, 0.3) is 0 Å². The normalized spacial score (nSPS) is 15.1. The van der Waals surface area contributed by atoms with Crippen molar-refractivity contribution >= 4 is 29.9 Å². The van der Waals surface area contributed by atoms with Crippen LogP contribution in [0.4, 0.5) is 0 Å². The second kappa shape index (κ2) is 17.6. The lowest BCUT2D eigenvalue weighted by Crippen LogP contribution is -2.37. The van der Waals surface area contributed by atoms with Crippen LogP contribution in [-0.2, 0) is 16.1 Å². The van der Waals surface area contributed by atoms with Crippen molar-refractivity contribution in [2.75, 3.05) is 32.4 Å². The van der Waals surface area contributed by atoms with E-state index in [4.69, 9.17) is 0 Å². The van der Waals surface area contributed by atoms with Crippen LogP contribution in [0.2, 0.25) is 0 Å². The maximum absolute atomic E-state index is 13.0. The maximum Gasteiger partial charge on any atom is 0.255 e. The van der Waals surface area contributed by atoms with Crippen molar-refractivity contribution in [3.8, 4) is 0 Å². The Hall–Kier alpha value is -1.86. The molecule has 1 aliphatic rings. The minimum absolute atomic E-state index is 0.109. The number of fused-ring (bicyclic) bond motifs is 1. The van der Waals surface area contributed by atoms with Crippen LogP contribution in [0.1, 0.15) is 89.6 Å². The molecular weight excluding hydrogens is 470 g/mol. The first-order valence-electron chi connectivity index (χ1n) is 13.8. The van der Waals surface area contributed by atoms with Crippen LogP contribution in [-0.4, -0.2) is 66.4 Å². The highest BCUT2D eigenvalue weighted by molar-refractivity contribution is 7.99. The molecule has 1 N–H and O–H groups in total. The molecule has 1 aliphatic heterocycles. The Labute approximate surface area is 224 Å². The lowest BCUT2D eigenvalue weighted by Gasteiger charge is -2.23. The molecule has 0 saturated carbocycles. The third-order valence-electron chi connectivity index (χ3n) is 6.96. The number of rotatable bonds is 16. The maximum atomic E-state index is 13.0. The molecule has 1 aromatic carbocycles. The summed E-state index contributed by atoms with van der Waals surface area (Å²) in [5.41, 5.74) is 1.71. The van der Waals surface area contributed by atoms with E-state index in [1.165, 1.54) is 19.4 Å². The molecule has 36 heavy (non-hydrogen) atoms. The van der Waals surface area contributed by atoms with E-state index in [2.05, 4.69) is 44.0 Å². The molecule has 6 nitrogen and oxygen atoms in total. The second-order valence-corrected chi connectivity index (χ2v) is 10.7. The van der Waals surface area contributed by atoms with Crippen molar-refractivity contribution in [3.63, 3.8) is 0 Å². The standard InChI is InChI=1S/C27H43N3O3S.C2H6/c1-6-29(7-2)15-13-20(3)17-21(4)14-16-34-25-10-8-9-23-24(25)18-30(27(23)33)22(19-31)11-12-26(32)28-5;1-2/h8-10,19-22H,6-7,11-18H2,1-5H3,(H,28,32);1-2H3. The molecule has 0 saturated heterocycles. The Morgan fingerprint density at radius 2 is 1.81 bits per heavy atom. The van der Waals surface area contributed by atoms with E-state index in [1.807, 2.05) is 37.7 Å².